The number of amides is 1. The standard InChI is InChI=1S/C19H22N2O3/c1-13(2)16-7-4-14(3)18(10-16)24-12-19(23)21-20-11-15-5-8-17(22)9-6-15/h4-11,13,22H,12H2,1-3H3,(H,21,23)/b20-11-. The van der Waals surface area contributed by atoms with E-state index in [9.17, 15) is 9.90 Å². The number of phenolic OH excluding ortho intramolecular Hbond substituents is 1. The summed E-state index contributed by atoms with van der Waals surface area (Å²) in [5, 5.41) is 13.1. The molecule has 1 amide bonds. The van der Waals surface area contributed by atoms with Gasteiger partial charge in [-0.25, -0.2) is 5.43 Å². The Labute approximate surface area is 142 Å². The topological polar surface area (TPSA) is 70.9 Å². The minimum absolute atomic E-state index is 0.102. The minimum Gasteiger partial charge on any atom is -0.508 e. The molecule has 0 saturated heterocycles. The Kier molecular flexibility index (Phi) is 5.95. The van der Waals surface area contributed by atoms with Crippen LogP contribution in [0.25, 0.3) is 0 Å². The van der Waals surface area contributed by atoms with Crippen molar-refractivity contribution >= 4 is 12.1 Å². The Morgan fingerprint density at radius 2 is 1.96 bits per heavy atom. The van der Waals surface area contributed by atoms with Crippen molar-refractivity contribution in [3.63, 3.8) is 0 Å². The van der Waals surface area contributed by atoms with Crippen LogP contribution in [0.15, 0.2) is 47.6 Å². The first-order valence-corrected chi connectivity index (χ1v) is 7.80. The third-order valence-corrected chi connectivity index (χ3v) is 3.53. The van der Waals surface area contributed by atoms with Crippen molar-refractivity contribution in [2.75, 3.05) is 6.61 Å². The van der Waals surface area contributed by atoms with Gasteiger partial charge in [-0.2, -0.15) is 5.10 Å². The molecule has 0 bridgehead atoms. The van der Waals surface area contributed by atoms with Gasteiger partial charge in [0, 0.05) is 0 Å². The summed E-state index contributed by atoms with van der Waals surface area (Å²) >= 11 is 0. The van der Waals surface area contributed by atoms with Crippen molar-refractivity contribution in [1.82, 2.24) is 5.43 Å². The highest BCUT2D eigenvalue weighted by Crippen LogP contribution is 2.24. The quantitative estimate of drug-likeness (QED) is 0.632. The number of carbonyl (C=O) groups is 1. The third kappa shape index (κ3) is 5.12. The van der Waals surface area contributed by atoms with Crippen LogP contribution in [0.4, 0.5) is 0 Å². The Morgan fingerprint density at radius 3 is 2.62 bits per heavy atom. The van der Waals surface area contributed by atoms with Gasteiger partial charge in [0.1, 0.15) is 11.5 Å². The molecular weight excluding hydrogens is 304 g/mol. The predicted octanol–water partition coefficient (Wildman–Crippen LogP) is 3.35. The Hall–Kier alpha value is -2.82. The summed E-state index contributed by atoms with van der Waals surface area (Å²) in [4.78, 5) is 11.8. The highest BCUT2D eigenvalue weighted by atomic mass is 16.5. The van der Waals surface area contributed by atoms with E-state index in [-0.39, 0.29) is 18.3 Å². The molecule has 2 rings (SSSR count). The first-order valence-electron chi connectivity index (χ1n) is 7.80. The summed E-state index contributed by atoms with van der Waals surface area (Å²) < 4.78 is 5.59. The molecule has 2 N–H and O–H groups in total. The summed E-state index contributed by atoms with van der Waals surface area (Å²) in [6.07, 6.45) is 1.50. The Bertz CT molecular complexity index is 722. The highest BCUT2D eigenvalue weighted by Gasteiger charge is 2.07. The molecule has 0 aromatic heterocycles. The third-order valence-electron chi connectivity index (χ3n) is 3.53. The first-order chi connectivity index (χ1) is 11.5. The molecule has 0 atom stereocenters. The molecule has 0 fully saturated rings. The SMILES string of the molecule is Cc1ccc(C(C)C)cc1OCC(=O)N/N=C\c1ccc(O)cc1. The average Bonchev–Trinajstić information content (AvgIpc) is 2.55. The van der Waals surface area contributed by atoms with E-state index in [0.717, 1.165) is 11.1 Å². The average molecular weight is 326 g/mol. The zero-order valence-corrected chi connectivity index (χ0v) is 14.1. The zero-order chi connectivity index (χ0) is 17.5. The van der Waals surface area contributed by atoms with Crippen LogP contribution in [0.3, 0.4) is 0 Å². The van der Waals surface area contributed by atoms with E-state index < -0.39 is 0 Å². The van der Waals surface area contributed by atoms with Gasteiger partial charge in [0.05, 0.1) is 6.21 Å². The number of hydrogen-bond acceptors (Lipinski definition) is 4. The number of aromatic hydroxyl groups is 1. The smallest absolute Gasteiger partial charge is 0.277 e. The number of ether oxygens (including phenoxy) is 1. The lowest BCUT2D eigenvalue weighted by atomic mass is 10.0. The Balaban J connectivity index is 1.87. The van der Waals surface area contributed by atoms with Crippen molar-refractivity contribution < 1.29 is 14.6 Å². The molecule has 0 spiro atoms. The molecule has 0 aliphatic carbocycles. The second-order valence-electron chi connectivity index (χ2n) is 5.85. The van der Waals surface area contributed by atoms with Crippen LogP contribution in [-0.2, 0) is 4.79 Å². The van der Waals surface area contributed by atoms with E-state index in [4.69, 9.17) is 4.74 Å². The van der Waals surface area contributed by atoms with Gasteiger partial charge in [-0.15, -0.1) is 0 Å². The van der Waals surface area contributed by atoms with Crippen LogP contribution in [0, 0.1) is 6.92 Å². The normalized spacial score (nSPS) is 11.0. The van der Waals surface area contributed by atoms with Gasteiger partial charge in [0.15, 0.2) is 6.61 Å². The molecule has 0 unspecified atom stereocenters. The van der Waals surface area contributed by atoms with Crippen LogP contribution in [0.1, 0.15) is 36.5 Å². The molecular formula is C19H22N2O3. The van der Waals surface area contributed by atoms with Crippen LogP contribution in [0.5, 0.6) is 11.5 Å². The second kappa shape index (κ2) is 8.15. The summed E-state index contributed by atoms with van der Waals surface area (Å²) in [6.45, 7) is 6.06. The molecule has 24 heavy (non-hydrogen) atoms. The van der Waals surface area contributed by atoms with Gasteiger partial charge in [0.25, 0.3) is 5.91 Å². The van der Waals surface area contributed by atoms with E-state index in [1.54, 1.807) is 24.3 Å². The monoisotopic (exact) mass is 326 g/mol. The van der Waals surface area contributed by atoms with E-state index in [1.807, 2.05) is 19.1 Å². The fourth-order valence-corrected chi connectivity index (χ4v) is 2.05. The van der Waals surface area contributed by atoms with E-state index in [1.165, 1.54) is 11.8 Å². The molecule has 2 aromatic carbocycles. The van der Waals surface area contributed by atoms with Gasteiger partial charge in [-0.05, 0) is 59.9 Å². The summed E-state index contributed by atoms with van der Waals surface area (Å²) in [5.74, 6) is 0.957. The number of carbonyl (C=O) groups excluding carboxylic acids is 1. The van der Waals surface area contributed by atoms with Gasteiger partial charge in [-0.3, -0.25) is 4.79 Å². The summed E-state index contributed by atoms with van der Waals surface area (Å²) in [5.41, 5.74) is 5.34. The molecule has 0 radical (unpaired) electrons. The molecule has 126 valence electrons. The molecule has 5 heteroatoms. The number of rotatable bonds is 6. The van der Waals surface area contributed by atoms with Gasteiger partial charge < -0.3 is 9.84 Å². The van der Waals surface area contributed by atoms with Crippen LogP contribution in [0.2, 0.25) is 0 Å². The summed E-state index contributed by atoms with van der Waals surface area (Å²) in [7, 11) is 0. The number of hydrazone groups is 1. The van der Waals surface area contributed by atoms with Crippen molar-refractivity contribution in [1.29, 1.82) is 0 Å². The van der Waals surface area contributed by atoms with Crippen molar-refractivity contribution in [3.8, 4) is 11.5 Å². The highest BCUT2D eigenvalue weighted by molar-refractivity contribution is 5.83. The van der Waals surface area contributed by atoms with Gasteiger partial charge in [-0.1, -0.05) is 26.0 Å². The molecule has 0 aliphatic rings. The van der Waals surface area contributed by atoms with Crippen LogP contribution >= 0.6 is 0 Å². The number of aryl methyl sites for hydroxylation is 1. The maximum Gasteiger partial charge on any atom is 0.277 e. The minimum atomic E-state index is -0.334. The summed E-state index contributed by atoms with van der Waals surface area (Å²) in [6, 6.07) is 12.5. The number of benzene rings is 2. The van der Waals surface area contributed by atoms with Crippen molar-refractivity contribution in [2.24, 2.45) is 5.10 Å². The second-order valence-corrected chi connectivity index (χ2v) is 5.85. The number of nitrogens with zero attached hydrogens (tertiary/aromatic N) is 1. The molecule has 0 aliphatic heterocycles. The number of phenols is 1. The fraction of sp³-hybridized carbons (Fsp3) is 0.263. The maximum absolute atomic E-state index is 11.8. The lowest BCUT2D eigenvalue weighted by molar-refractivity contribution is -0.123. The largest absolute Gasteiger partial charge is 0.508 e. The predicted molar refractivity (Wildman–Crippen MR) is 94.6 cm³/mol. The van der Waals surface area contributed by atoms with Gasteiger partial charge >= 0.3 is 0 Å². The lowest BCUT2D eigenvalue weighted by Gasteiger charge is -2.12. The van der Waals surface area contributed by atoms with E-state index >= 15 is 0 Å². The maximum atomic E-state index is 11.8. The van der Waals surface area contributed by atoms with Gasteiger partial charge in [0.2, 0.25) is 0 Å². The van der Waals surface area contributed by atoms with Crippen LogP contribution in [-0.4, -0.2) is 23.8 Å². The number of nitrogens with one attached hydrogen (secondary N) is 1. The fourth-order valence-electron chi connectivity index (χ4n) is 2.05. The Morgan fingerprint density at radius 1 is 1.25 bits per heavy atom. The molecule has 0 heterocycles. The van der Waals surface area contributed by atoms with E-state index in [2.05, 4.69) is 30.4 Å². The molecule has 0 saturated carbocycles. The molecule has 2 aromatic rings. The zero-order valence-electron chi connectivity index (χ0n) is 14.1. The van der Waals surface area contributed by atoms with Crippen LogP contribution < -0.4 is 10.2 Å². The van der Waals surface area contributed by atoms with Crippen molar-refractivity contribution in [3.05, 3.63) is 59.2 Å². The van der Waals surface area contributed by atoms with Crippen molar-refractivity contribution in [2.45, 2.75) is 26.7 Å². The first kappa shape index (κ1) is 17.5. The lowest BCUT2D eigenvalue weighted by Crippen LogP contribution is -2.24. The number of hydrogen-bond donors (Lipinski definition) is 2. The van der Waals surface area contributed by atoms with E-state index in [0.29, 0.717) is 11.7 Å². The molecule has 5 nitrogen and oxygen atoms in total.